The molecule has 3 rings (SSSR count). The fourth-order valence-corrected chi connectivity index (χ4v) is 3.43. The summed E-state index contributed by atoms with van der Waals surface area (Å²) in [4.78, 5) is 24.7. The molecule has 1 amide bonds. The van der Waals surface area contributed by atoms with Crippen molar-refractivity contribution in [2.75, 3.05) is 5.32 Å². The van der Waals surface area contributed by atoms with Gasteiger partial charge in [0.25, 0.3) is 5.91 Å². The van der Waals surface area contributed by atoms with Crippen molar-refractivity contribution < 1.29 is 19.1 Å². The van der Waals surface area contributed by atoms with Crippen LogP contribution in [-0.4, -0.2) is 24.1 Å². The van der Waals surface area contributed by atoms with Crippen LogP contribution in [0.2, 0.25) is 0 Å². The first-order valence-corrected chi connectivity index (χ1v) is 10.4. The molecule has 1 N–H and O–H groups in total. The van der Waals surface area contributed by atoms with Gasteiger partial charge in [0.2, 0.25) is 0 Å². The summed E-state index contributed by atoms with van der Waals surface area (Å²) in [6, 6.07) is 14.5. The quantitative estimate of drug-likeness (QED) is 0.659. The largest absolute Gasteiger partial charge is 0.481 e. The van der Waals surface area contributed by atoms with Crippen molar-refractivity contribution >= 4 is 17.6 Å². The molecule has 1 aliphatic rings. The molecule has 2 aromatic rings. The number of benzene rings is 2. The van der Waals surface area contributed by atoms with Crippen molar-refractivity contribution in [1.29, 1.82) is 0 Å². The van der Waals surface area contributed by atoms with Gasteiger partial charge >= 0.3 is 5.97 Å². The molecule has 0 spiro atoms. The van der Waals surface area contributed by atoms with E-state index in [9.17, 15) is 9.59 Å². The number of amides is 1. The van der Waals surface area contributed by atoms with Gasteiger partial charge in [-0.1, -0.05) is 25.5 Å². The summed E-state index contributed by atoms with van der Waals surface area (Å²) in [6.45, 7) is 3.79. The van der Waals surface area contributed by atoms with E-state index >= 15 is 0 Å². The Morgan fingerprint density at radius 1 is 1.07 bits per heavy atom. The van der Waals surface area contributed by atoms with Crippen LogP contribution in [0.3, 0.4) is 0 Å². The highest BCUT2D eigenvalue weighted by Gasteiger charge is 2.19. The van der Waals surface area contributed by atoms with Crippen LogP contribution < -0.4 is 10.1 Å². The highest BCUT2D eigenvalue weighted by atomic mass is 16.5. The van der Waals surface area contributed by atoms with Crippen LogP contribution in [-0.2, 0) is 16.0 Å². The molecular weight excluding hydrogens is 366 g/mol. The molecule has 5 nitrogen and oxygen atoms in total. The topological polar surface area (TPSA) is 64.6 Å². The lowest BCUT2D eigenvalue weighted by Gasteiger charge is -2.21. The zero-order valence-corrected chi connectivity index (χ0v) is 17.1. The second kappa shape index (κ2) is 10.1. The number of hydrogen-bond acceptors (Lipinski definition) is 4. The molecule has 2 aromatic carbocycles. The Bertz CT molecular complexity index is 825. The second-order valence-electron chi connectivity index (χ2n) is 7.49. The maximum Gasteiger partial charge on any atom is 0.338 e. The molecule has 5 heteroatoms. The van der Waals surface area contributed by atoms with Crippen molar-refractivity contribution in [3.05, 3.63) is 59.7 Å². The predicted molar refractivity (Wildman–Crippen MR) is 113 cm³/mol. The number of nitrogens with one attached hydrogen (secondary N) is 1. The minimum absolute atomic E-state index is 0.0276. The summed E-state index contributed by atoms with van der Waals surface area (Å²) >= 11 is 0. The van der Waals surface area contributed by atoms with Crippen molar-refractivity contribution in [2.24, 2.45) is 0 Å². The van der Waals surface area contributed by atoms with Crippen LogP contribution >= 0.6 is 0 Å². The fourth-order valence-electron chi connectivity index (χ4n) is 3.43. The Morgan fingerprint density at radius 3 is 2.48 bits per heavy atom. The normalized spacial score (nSPS) is 15.4. The van der Waals surface area contributed by atoms with Gasteiger partial charge in [-0.2, -0.15) is 0 Å². The van der Waals surface area contributed by atoms with E-state index < -0.39 is 6.10 Å². The number of carbonyl (C=O) groups is 2. The van der Waals surface area contributed by atoms with Gasteiger partial charge in [-0.05, 0) is 81.0 Å². The monoisotopic (exact) mass is 395 g/mol. The summed E-state index contributed by atoms with van der Waals surface area (Å²) in [5.41, 5.74) is 2.27. The summed E-state index contributed by atoms with van der Waals surface area (Å²) in [7, 11) is 0. The average molecular weight is 395 g/mol. The van der Waals surface area contributed by atoms with E-state index in [-0.39, 0.29) is 18.0 Å². The smallest absolute Gasteiger partial charge is 0.338 e. The first-order valence-electron chi connectivity index (χ1n) is 10.4. The molecule has 1 aliphatic carbocycles. The summed E-state index contributed by atoms with van der Waals surface area (Å²) < 4.78 is 11.3. The minimum atomic E-state index is -0.641. The van der Waals surface area contributed by atoms with Gasteiger partial charge in [0.1, 0.15) is 11.9 Å². The van der Waals surface area contributed by atoms with Gasteiger partial charge in [0.15, 0.2) is 6.10 Å². The first-order chi connectivity index (χ1) is 14.0. The maximum atomic E-state index is 12.4. The Kier molecular flexibility index (Phi) is 7.28. The maximum absolute atomic E-state index is 12.4. The van der Waals surface area contributed by atoms with E-state index in [1.54, 1.807) is 31.2 Å². The highest BCUT2D eigenvalue weighted by Crippen LogP contribution is 2.22. The van der Waals surface area contributed by atoms with Gasteiger partial charge < -0.3 is 14.8 Å². The van der Waals surface area contributed by atoms with Crippen molar-refractivity contribution in [3.63, 3.8) is 0 Å². The van der Waals surface area contributed by atoms with Crippen LogP contribution in [0.1, 0.15) is 61.9 Å². The summed E-state index contributed by atoms with van der Waals surface area (Å²) in [5.74, 6) is 0.125. The average Bonchev–Trinajstić information content (AvgIpc) is 2.75. The van der Waals surface area contributed by atoms with Gasteiger partial charge in [0.05, 0.1) is 5.56 Å². The number of hydrogen-bond donors (Lipinski definition) is 1. The van der Waals surface area contributed by atoms with Crippen molar-refractivity contribution in [1.82, 2.24) is 0 Å². The lowest BCUT2D eigenvalue weighted by Crippen LogP contribution is -2.30. The minimum Gasteiger partial charge on any atom is -0.481 e. The van der Waals surface area contributed by atoms with Gasteiger partial charge in [-0.25, -0.2) is 4.79 Å². The molecule has 0 heterocycles. The predicted octanol–water partition coefficient (Wildman–Crippen LogP) is 5.14. The number of aryl methyl sites for hydroxylation is 1. The Labute approximate surface area is 172 Å². The van der Waals surface area contributed by atoms with Crippen molar-refractivity contribution in [2.45, 2.75) is 64.6 Å². The number of carbonyl (C=O) groups excluding carboxylic acids is 2. The summed E-state index contributed by atoms with van der Waals surface area (Å²) in [6.07, 6.45) is 5.63. The van der Waals surface area contributed by atoms with E-state index in [2.05, 4.69) is 12.2 Å². The van der Waals surface area contributed by atoms with Crippen LogP contribution in [0.4, 0.5) is 5.69 Å². The molecule has 1 fully saturated rings. The first kappa shape index (κ1) is 20.9. The fraction of sp³-hybridized carbons (Fsp3) is 0.417. The molecule has 1 saturated carbocycles. The lowest BCUT2D eigenvalue weighted by molar-refractivity contribution is -0.122. The number of esters is 1. The lowest BCUT2D eigenvalue weighted by atomic mass is 9.98. The number of ether oxygens (including phenoxy) is 2. The van der Waals surface area contributed by atoms with Crippen LogP contribution in [0.5, 0.6) is 5.75 Å². The third kappa shape index (κ3) is 6.08. The molecular formula is C24H29NO4. The Balaban J connectivity index is 1.52. The standard InChI is InChI=1S/C24H29NO4/c1-3-18-8-7-11-22(16-18)28-17(2)23(26)25-20-14-12-19(13-15-20)24(27)29-21-9-5-4-6-10-21/h7-8,11-17,21H,3-6,9-10H2,1-2H3,(H,25,26). The second-order valence-corrected chi connectivity index (χ2v) is 7.49. The number of rotatable bonds is 7. The Morgan fingerprint density at radius 2 is 1.79 bits per heavy atom. The molecule has 0 radical (unpaired) electrons. The number of anilines is 1. The zero-order chi connectivity index (χ0) is 20.6. The molecule has 0 saturated heterocycles. The molecule has 0 aliphatic heterocycles. The molecule has 1 unspecified atom stereocenters. The van der Waals surface area contributed by atoms with Crippen LogP contribution in [0.25, 0.3) is 0 Å². The molecule has 0 aromatic heterocycles. The molecule has 0 bridgehead atoms. The van der Waals surface area contributed by atoms with E-state index in [1.165, 1.54) is 6.42 Å². The van der Waals surface area contributed by atoms with E-state index in [1.807, 2.05) is 24.3 Å². The van der Waals surface area contributed by atoms with Gasteiger partial charge in [0, 0.05) is 5.69 Å². The van der Waals surface area contributed by atoms with E-state index in [0.717, 1.165) is 37.7 Å². The third-order valence-electron chi connectivity index (χ3n) is 5.20. The SMILES string of the molecule is CCc1cccc(OC(C)C(=O)Nc2ccc(C(=O)OC3CCCCC3)cc2)c1. The van der Waals surface area contributed by atoms with Crippen molar-refractivity contribution in [3.8, 4) is 5.75 Å². The van der Waals surface area contributed by atoms with E-state index in [4.69, 9.17) is 9.47 Å². The van der Waals surface area contributed by atoms with E-state index in [0.29, 0.717) is 17.0 Å². The molecule has 154 valence electrons. The third-order valence-corrected chi connectivity index (χ3v) is 5.20. The van der Waals surface area contributed by atoms with Crippen LogP contribution in [0, 0.1) is 0 Å². The van der Waals surface area contributed by atoms with Crippen LogP contribution in [0.15, 0.2) is 48.5 Å². The zero-order valence-electron chi connectivity index (χ0n) is 17.1. The summed E-state index contributed by atoms with van der Waals surface area (Å²) in [5, 5.41) is 2.82. The molecule has 1 atom stereocenters. The van der Waals surface area contributed by atoms with Gasteiger partial charge in [-0.15, -0.1) is 0 Å². The molecule has 29 heavy (non-hydrogen) atoms. The Hall–Kier alpha value is -2.82. The van der Waals surface area contributed by atoms with Gasteiger partial charge in [-0.3, -0.25) is 4.79 Å². The highest BCUT2D eigenvalue weighted by molar-refractivity contribution is 5.95.